The third-order valence-electron chi connectivity index (χ3n) is 4.98. The zero-order chi connectivity index (χ0) is 17.8. The Bertz CT molecular complexity index is 767. The van der Waals surface area contributed by atoms with Gasteiger partial charge in [-0.3, -0.25) is 0 Å². The summed E-state index contributed by atoms with van der Waals surface area (Å²) in [5.74, 6) is 0.163. The third kappa shape index (κ3) is 4.48. The van der Waals surface area contributed by atoms with Crippen LogP contribution in [0.2, 0.25) is 0 Å². The van der Waals surface area contributed by atoms with Gasteiger partial charge in [-0.2, -0.15) is 0 Å². The van der Waals surface area contributed by atoms with Crippen LogP contribution in [0.4, 0.5) is 0 Å². The first-order valence-electron chi connectivity index (χ1n) is 8.78. The average molecular weight is 359 g/mol. The van der Waals surface area contributed by atoms with Crippen LogP contribution in [-0.4, -0.2) is 43.8 Å². The predicted molar refractivity (Wildman–Crippen MR) is 99.1 cm³/mol. The summed E-state index contributed by atoms with van der Waals surface area (Å²) in [5.41, 5.74) is 0.217. The second kappa shape index (κ2) is 7.68. The molecule has 1 fully saturated rings. The van der Waals surface area contributed by atoms with Crippen LogP contribution in [0.3, 0.4) is 0 Å². The summed E-state index contributed by atoms with van der Waals surface area (Å²) in [6, 6.07) is 18.4. The third-order valence-corrected chi connectivity index (χ3v) is 6.80. The van der Waals surface area contributed by atoms with Crippen LogP contribution >= 0.6 is 0 Å². The Balaban J connectivity index is 1.49. The summed E-state index contributed by atoms with van der Waals surface area (Å²) >= 11 is 0. The molecule has 0 bridgehead atoms. The summed E-state index contributed by atoms with van der Waals surface area (Å²) in [6.45, 7) is 2.32. The molecule has 5 heteroatoms. The van der Waals surface area contributed by atoms with Crippen molar-refractivity contribution in [1.82, 2.24) is 4.90 Å². The van der Waals surface area contributed by atoms with E-state index in [9.17, 15) is 13.5 Å². The molecule has 134 valence electrons. The Morgan fingerprint density at radius 2 is 1.48 bits per heavy atom. The normalized spacial score (nSPS) is 18.1. The molecule has 0 saturated carbocycles. The first-order valence-corrected chi connectivity index (χ1v) is 10.4. The van der Waals surface area contributed by atoms with Crippen molar-refractivity contribution in [3.63, 3.8) is 0 Å². The summed E-state index contributed by atoms with van der Waals surface area (Å²) in [6.07, 6.45) is 1.98. The zero-order valence-corrected chi connectivity index (χ0v) is 15.2. The highest BCUT2D eigenvalue weighted by molar-refractivity contribution is 7.91. The maximum atomic E-state index is 12.3. The molecule has 0 aliphatic carbocycles. The van der Waals surface area contributed by atoms with Gasteiger partial charge in [-0.25, -0.2) is 8.42 Å². The topological polar surface area (TPSA) is 57.6 Å². The highest BCUT2D eigenvalue weighted by Crippen LogP contribution is 2.32. The smallest absolute Gasteiger partial charge is 0.178 e. The fraction of sp³-hybridized carbons (Fsp3) is 0.400. The first kappa shape index (κ1) is 18.1. The zero-order valence-electron chi connectivity index (χ0n) is 14.3. The molecule has 0 amide bonds. The molecule has 1 aliphatic heterocycles. The van der Waals surface area contributed by atoms with Gasteiger partial charge < -0.3 is 10.0 Å². The van der Waals surface area contributed by atoms with E-state index in [1.54, 1.807) is 24.3 Å². The van der Waals surface area contributed by atoms with Crippen LogP contribution in [0, 0.1) is 0 Å². The van der Waals surface area contributed by atoms with Gasteiger partial charge in [-0.1, -0.05) is 48.5 Å². The van der Waals surface area contributed by atoms with E-state index in [0.29, 0.717) is 24.2 Å². The quantitative estimate of drug-likeness (QED) is 0.862. The van der Waals surface area contributed by atoms with Gasteiger partial charge >= 0.3 is 0 Å². The molecule has 0 spiro atoms. The molecule has 2 aromatic carbocycles. The Hall–Kier alpha value is -1.69. The maximum absolute atomic E-state index is 12.3. The molecule has 1 aliphatic rings. The number of rotatable bonds is 6. The van der Waals surface area contributed by atoms with E-state index in [4.69, 9.17) is 0 Å². The molecular weight excluding hydrogens is 334 g/mol. The fourth-order valence-corrected chi connectivity index (χ4v) is 4.72. The number of hydrogen-bond donors (Lipinski definition) is 1. The lowest BCUT2D eigenvalue weighted by Gasteiger charge is -2.38. The lowest BCUT2D eigenvalue weighted by atomic mass is 9.84. The van der Waals surface area contributed by atoms with E-state index < -0.39 is 15.4 Å². The van der Waals surface area contributed by atoms with Crippen molar-refractivity contribution < 1.29 is 13.5 Å². The number of benzene rings is 2. The second-order valence-electron chi connectivity index (χ2n) is 6.72. The van der Waals surface area contributed by atoms with Crippen molar-refractivity contribution in [3.05, 3.63) is 66.2 Å². The number of nitrogens with zero attached hydrogens (tertiary/aromatic N) is 1. The fourth-order valence-electron chi connectivity index (χ4n) is 3.41. The SMILES string of the molecule is O=S(=O)(CCCN1CCC(O)(c2ccccc2)CC1)c1ccccc1. The van der Waals surface area contributed by atoms with Crippen molar-refractivity contribution in [2.45, 2.75) is 29.8 Å². The van der Waals surface area contributed by atoms with Crippen molar-refractivity contribution in [2.75, 3.05) is 25.4 Å². The van der Waals surface area contributed by atoms with E-state index in [0.717, 1.165) is 25.2 Å². The van der Waals surface area contributed by atoms with Crippen LogP contribution in [0.25, 0.3) is 0 Å². The lowest BCUT2D eigenvalue weighted by molar-refractivity contribution is -0.0257. The highest BCUT2D eigenvalue weighted by Gasteiger charge is 2.33. The van der Waals surface area contributed by atoms with Gasteiger partial charge in [0.2, 0.25) is 0 Å². The predicted octanol–water partition coefficient (Wildman–Crippen LogP) is 2.83. The lowest BCUT2D eigenvalue weighted by Crippen LogP contribution is -2.43. The standard InChI is InChI=1S/C20H25NO3S/c22-20(18-8-3-1-4-9-18)12-15-21(16-13-20)14-7-17-25(23,24)19-10-5-2-6-11-19/h1-6,8-11,22H,7,12-17H2. The number of hydrogen-bond acceptors (Lipinski definition) is 4. The minimum atomic E-state index is -3.20. The molecule has 0 aromatic heterocycles. The summed E-state index contributed by atoms with van der Waals surface area (Å²) < 4.78 is 24.6. The minimum absolute atomic E-state index is 0.163. The average Bonchev–Trinajstić information content (AvgIpc) is 2.65. The van der Waals surface area contributed by atoms with Gasteiger partial charge in [0.25, 0.3) is 0 Å². The maximum Gasteiger partial charge on any atom is 0.178 e. The number of likely N-dealkylation sites (tertiary alicyclic amines) is 1. The number of aliphatic hydroxyl groups is 1. The van der Waals surface area contributed by atoms with Gasteiger partial charge in [0.05, 0.1) is 16.2 Å². The monoisotopic (exact) mass is 359 g/mol. The Labute approximate surface area is 150 Å². The van der Waals surface area contributed by atoms with Crippen LogP contribution in [0.15, 0.2) is 65.6 Å². The Morgan fingerprint density at radius 3 is 2.08 bits per heavy atom. The van der Waals surface area contributed by atoms with E-state index in [2.05, 4.69) is 4.90 Å². The van der Waals surface area contributed by atoms with Crippen molar-refractivity contribution >= 4 is 9.84 Å². The van der Waals surface area contributed by atoms with E-state index >= 15 is 0 Å². The number of sulfone groups is 1. The molecule has 4 nitrogen and oxygen atoms in total. The number of piperidine rings is 1. The largest absolute Gasteiger partial charge is 0.385 e. The van der Waals surface area contributed by atoms with Gasteiger partial charge in [0.15, 0.2) is 9.84 Å². The Kier molecular flexibility index (Phi) is 5.57. The van der Waals surface area contributed by atoms with Gasteiger partial charge in [0, 0.05) is 13.1 Å². The minimum Gasteiger partial charge on any atom is -0.385 e. The van der Waals surface area contributed by atoms with Crippen molar-refractivity contribution in [2.24, 2.45) is 0 Å². The molecule has 2 aromatic rings. The van der Waals surface area contributed by atoms with Crippen LogP contribution in [0.1, 0.15) is 24.8 Å². The molecule has 0 unspecified atom stereocenters. The molecule has 0 radical (unpaired) electrons. The highest BCUT2D eigenvalue weighted by atomic mass is 32.2. The van der Waals surface area contributed by atoms with E-state index in [-0.39, 0.29) is 5.75 Å². The molecule has 1 saturated heterocycles. The van der Waals surface area contributed by atoms with Gasteiger partial charge in [0.1, 0.15) is 0 Å². The molecule has 1 heterocycles. The van der Waals surface area contributed by atoms with E-state index in [1.807, 2.05) is 36.4 Å². The summed E-state index contributed by atoms with van der Waals surface area (Å²) in [7, 11) is -3.20. The van der Waals surface area contributed by atoms with Crippen molar-refractivity contribution in [3.8, 4) is 0 Å². The molecule has 3 rings (SSSR count). The van der Waals surface area contributed by atoms with E-state index in [1.165, 1.54) is 0 Å². The van der Waals surface area contributed by atoms with Gasteiger partial charge in [-0.15, -0.1) is 0 Å². The van der Waals surface area contributed by atoms with Crippen LogP contribution in [-0.2, 0) is 15.4 Å². The molecule has 25 heavy (non-hydrogen) atoms. The second-order valence-corrected chi connectivity index (χ2v) is 8.83. The van der Waals surface area contributed by atoms with Crippen LogP contribution in [0.5, 0.6) is 0 Å². The first-order chi connectivity index (χ1) is 12.0. The molecule has 1 N–H and O–H groups in total. The molecular formula is C20H25NO3S. The van der Waals surface area contributed by atoms with Gasteiger partial charge in [-0.05, 0) is 43.5 Å². The van der Waals surface area contributed by atoms with Crippen molar-refractivity contribution in [1.29, 1.82) is 0 Å². The molecule has 0 atom stereocenters. The van der Waals surface area contributed by atoms with Crippen LogP contribution < -0.4 is 0 Å². The summed E-state index contributed by atoms with van der Waals surface area (Å²) in [4.78, 5) is 2.64. The Morgan fingerprint density at radius 1 is 0.920 bits per heavy atom. The summed E-state index contributed by atoms with van der Waals surface area (Å²) in [5, 5.41) is 10.8.